The summed E-state index contributed by atoms with van der Waals surface area (Å²) in [6, 6.07) is 1.47. The molecule has 0 fully saturated rings. The monoisotopic (exact) mass is 341 g/mol. The number of benzene rings is 1. The van der Waals surface area contributed by atoms with Crippen molar-refractivity contribution < 1.29 is 24.3 Å². The second-order valence-corrected chi connectivity index (χ2v) is 4.87. The van der Waals surface area contributed by atoms with Gasteiger partial charge in [-0.25, -0.2) is 0 Å². The fraction of sp³-hybridized carbons (Fsp3) is 0.462. The third-order valence-corrected chi connectivity index (χ3v) is 3.30. The predicted octanol–water partition coefficient (Wildman–Crippen LogP) is 2.69. The van der Waals surface area contributed by atoms with E-state index in [9.17, 15) is 35.1 Å². The number of hydrogen-bond donors (Lipinski definition) is 0. The van der Waals surface area contributed by atoms with E-state index < -0.39 is 31.8 Å². The highest BCUT2D eigenvalue weighted by Crippen LogP contribution is 2.34. The van der Waals surface area contributed by atoms with E-state index in [0.717, 1.165) is 12.1 Å². The predicted molar refractivity (Wildman–Crippen MR) is 80.6 cm³/mol. The minimum Gasteiger partial charge on any atom is -0.468 e. The third kappa shape index (κ3) is 5.26. The molecule has 0 N–H and O–H groups in total. The van der Waals surface area contributed by atoms with Crippen LogP contribution in [0.1, 0.15) is 31.2 Å². The summed E-state index contributed by atoms with van der Waals surface area (Å²) in [6.45, 7) is 0.602. The quantitative estimate of drug-likeness (QED) is 0.257. The first kappa shape index (κ1) is 18.9. The summed E-state index contributed by atoms with van der Waals surface area (Å²) in [4.78, 5) is 40.3. The molecular weight excluding hydrogens is 326 g/mol. The lowest BCUT2D eigenvalue weighted by Gasteiger charge is -2.05. The van der Waals surface area contributed by atoms with Crippen LogP contribution in [0.25, 0.3) is 0 Å². The summed E-state index contributed by atoms with van der Waals surface area (Å²) in [5.41, 5.74) is -2.07. The van der Waals surface area contributed by atoms with E-state index in [4.69, 9.17) is 0 Å². The average molecular weight is 341 g/mol. The molecule has 0 saturated carbocycles. The normalized spacial score (nSPS) is 10.2. The molecule has 0 saturated heterocycles. The lowest BCUT2D eigenvalue weighted by Crippen LogP contribution is -2.03. The molecule has 0 aliphatic heterocycles. The maximum absolute atomic E-state index is 11.1. The van der Waals surface area contributed by atoms with Crippen LogP contribution in [0.2, 0.25) is 0 Å². The van der Waals surface area contributed by atoms with Gasteiger partial charge in [0.15, 0.2) is 0 Å². The molecule has 0 amide bonds. The summed E-state index contributed by atoms with van der Waals surface area (Å²) >= 11 is 0. The summed E-state index contributed by atoms with van der Waals surface area (Å²) in [5, 5.41) is 32.9. The number of rotatable bonds is 11. The summed E-state index contributed by atoms with van der Waals surface area (Å²) in [5.74, 6) is 0. The molecule has 0 aliphatic rings. The Morgan fingerprint density at radius 2 is 1.42 bits per heavy atom. The van der Waals surface area contributed by atoms with Crippen LogP contribution in [0.5, 0.6) is 0 Å². The zero-order valence-electron chi connectivity index (χ0n) is 12.6. The van der Waals surface area contributed by atoms with Crippen molar-refractivity contribution in [1.82, 2.24) is 0 Å². The standard InChI is InChI=1S/C13H15N3O8/c17-9-24-6-4-2-1-3-5-11-12(15(20)21)7-10(14(18)19)8-13(11)16(22)23/h7-9H,1-6H2. The number of non-ortho nitro benzene ring substituents is 1. The van der Waals surface area contributed by atoms with Crippen LogP contribution >= 0.6 is 0 Å². The number of unbranched alkanes of at least 4 members (excludes halogenated alkanes) is 3. The van der Waals surface area contributed by atoms with Gasteiger partial charge in [0, 0.05) is 0 Å². The first-order chi connectivity index (χ1) is 11.4. The molecule has 24 heavy (non-hydrogen) atoms. The van der Waals surface area contributed by atoms with Crippen molar-refractivity contribution in [1.29, 1.82) is 0 Å². The molecule has 0 atom stereocenters. The molecule has 0 aliphatic carbocycles. The molecule has 0 spiro atoms. The first-order valence-electron chi connectivity index (χ1n) is 7.03. The van der Waals surface area contributed by atoms with Gasteiger partial charge >= 0.3 is 0 Å². The molecule has 0 heterocycles. The Bertz CT molecular complexity index is 611. The lowest BCUT2D eigenvalue weighted by atomic mass is 10.0. The van der Waals surface area contributed by atoms with Gasteiger partial charge in [-0.1, -0.05) is 12.8 Å². The third-order valence-electron chi connectivity index (χ3n) is 3.30. The van der Waals surface area contributed by atoms with E-state index in [2.05, 4.69) is 4.74 Å². The van der Waals surface area contributed by atoms with Crippen LogP contribution in [-0.2, 0) is 16.0 Å². The van der Waals surface area contributed by atoms with Gasteiger partial charge in [0.05, 0.1) is 33.5 Å². The molecule has 1 rings (SSSR count). The maximum atomic E-state index is 11.1. The molecular formula is C13H15N3O8. The van der Waals surface area contributed by atoms with Gasteiger partial charge in [0.1, 0.15) is 5.56 Å². The smallest absolute Gasteiger partial charge is 0.293 e. The molecule has 0 aromatic heterocycles. The minimum absolute atomic E-state index is 0.0547. The van der Waals surface area contributed by atoms with Crippen LogP contribution in [0.15, 0.2) is 12.1 Å². The van der Waals surface area contributed by atoms with Crippen molar-refractivity contribution >= 4 is 23.5 Å². The van der Waals surface area contributed by atoms with Gasteiger partial charge in [-0.2, -0.15) is 0 Å². The van der Waals surface area contributed by atoms with Gasteiger partial charge in [-0.15, -0.1) is 0 Å². The summed E-state index contributed by atoms with van der Waals surface area (Å²) in [7, 11) is 0. The number of nitro groups is 3. The molecule has 11 nitrogen and oxygen atoms in total. The van der Waals surface area contributed by atoms with Crippen LogP contribution in [-0.4, -0.2) is 27.8 Å². The first-order valence-corrected chi connectivity index (χ1v) is 7.03. The number of carbonyl (C=O) groups is 1. The second kappa shape index (κ2) is 9.12. The van der Waals surface area contributed by atoms with Gasteiger partial charge in [0.2, 0.25) is 0 Å². The van der Waals surface area contributed by atoms with Gasteiger partial charge in [0.25, 0.3) is 23.5 Å². The Balaban J connectivity index is 2.91. The van der Waals surface area contributed by atoms with Crippen molar-refractivity contribution in [3.63, 3.8) is 0 Å². The fourth-order valence-electron chi connectivity index (χ4n) is 2.20. The molecule has 130 valence electrons. The second-order valence-electron chi connectivity index (χ2n) is 4.87. The van der Waals surface area contributed by atoms with Crippen molar-refractivity contribution in [2.45, 2.75) is 32.1 Å². The number of carbonyl (C=O) groups excluding carboxylic acids is 1. The van der Waals surface area contributed by atoms with E-state index in [1.807, 2.05) is 0 Å². The molecule has 0 bridgehead atoms. The van der Waals surface area contributed by atoms with Crippen molar-refractivity contribution in [2.75, 3.05) is 6.61 Å². The number of nitrogens with zero attached hydrogens (tertiary/aromatic N) is 3. The van der Waals surface area contributed by atoms with Gasteiger partial charge in [-0.3, -0.25) is 35.1 Å². The van der Waals surface area contributed by atoms with Crippen molar-refractivity contribution in [2.24, 2.45) is 0 Å². The van der Waals surface area contributed by atoms with Crippen LogP contribution in [0, 0.1) is 30.3 Å². The number of ether oxygens (including phenoxy) is 1. The topological polar surface area (TPSA) is 156 Å². The molecule has 0 radical (unpaired) electrons. The molecule has 11 heteroatoms. The summed E-state index contributed by atoms with van der Waals surface area (Å²) in [6.07, 6.45) is 2.40. The largest absolute Gasteiger partial charge is 0.468 e. The van der Waals surface area contributed by atoms with E-state index in [1.165, 1.54) is 0 Å². The maximum Gasteiger partial charge on any atom is 0.293 e. The van der Waals surface area contributed by atoms with E-state index in [0.29, 0.717) is 32.2 Å². The highest BCUT2D eigenvalue weighted by molar-refractivity contribution is 5.60. The lowest BCUT2D eigenvalue weighted by molar-refractivity contribution is -0.404. The number of nitro benzene ring substituents is 3. The minimum atomic E-state index is -0.906. The van der Waals surface area contributed by atoms with E-state index >= 15 is 0 Å². The SMILES string of the molecule is O=COCCCCCCc1c([N+](=O)[O-])cc([N+](=O)[O-])cc1[N+](=O)[O-]. The zero-order valence-corrected chi connectivity index (χ0v) is 12.6. The highest BCUT2D eigenvalue weighted by atomic mass is 16.6. The average Bonchev–Trinajstić information content (AvgIpc) is 2.53. The number of hydrogen-bond acceptors (Lipinski definition) is 8. The van der Waals surface area contributed by atoms with E-state index in [1.54, 1.807) is 0 Å². The highest BCUT2D eigenvalue weighted by Gasteiger charge is 2.29. The Hall–Kier alpha value is -3.11. The van der Waals surface area contributed by atoms with Crippen molar-refractivity contribution in [3.8, 4) is 0 Å². The Morgan fingerprint density at radius 3 is 1.88 bits per heavy atom. The van der Waals surface area contributed by atoms with E-state index in [-0.39, 0.29) is 18.6 Å². The Labute approximate surface area is 135 Å². The molecule has 0 unspecified atom stereocenters. The van der Waals surface area contributed by atoms with Crippen LogP contribution in [0.4, 0.5) is 17.1 Å². The Morgan fingerprint density at radius 1 is 0.875 bits per heavy atom. The summed E-state index contributed by atoms with van der Waals surface area (Å²) < 4.78 is 4.51. The Kier molecular flexibility index (Phi) is 7.20. The molecule has 1 aromatic rings. The van der Waals surface area contributed by atoms with Crippen molar-refractivity contribution in [3.05, 3.63) is 48.0 Å². The van der Waals surface area contributed by atoms with Gasteiger partial charge < -0.3 is 4.74 Å². The van der Waals surface area contributed by atoms with Gasteiger partial charge in [-0.05, 0) is 19.3 Å². The van der Waals surface area contributed by atoms with Crippen LogP contribution in [0.3, 0.4) is 0 Å². The fourth-order valence-corrected chi connectivity index (χ4v) is 2.20. The molecule has 1 aromatic carbocycles. The van der Waals surface area contributed by atoms with Crippen LogP contribution < -0.4 is 0 Å². The zero-order chi connectivity index (χ0) is 18.1.